The molecule has 1 atom stereocenters. The molecule has 0 fully saturated rings. The van der Waals surface area contributed by atoms with E-state index < -0.39 is 11.7 Å². The summed E-state index contributed by atoms with van der Waals surface area (Å²) in [7, 11) is 0. The first kappa shape index (κ1) is 12.8. The summed E-state index contributed by atoms with van der Waals surface area (Å²) in [5.41, 5.74) is -0.781. The molecule has 1 N–H and O–H groups in total. The third-order valence-electron chi connectivity index (χ3n) is 2.10. The number of terminal acetylenes is 1. The second kappa shape index (κ2) is 6.31. The lowest BCUT2D eigenvalue weighted by molar-refractivity contribution is 0.0637. The van der Waals surface area contributed by atoms with Gasteiger partial charge in [0.05, 0.1) is 0 Å². The lowest BCUT2D eigenvalue weighted by atomic mass is 10.1. The van der Waals surface area contributed by atoms with Gasteiger partial charge in [-0.2, -0.15) is 0 Å². The first-order chi connectivity index (χ1) is 6.58. The molecule has 0 aliphatic heterocycles. The van der Waals surface area contributed by atoms with Gasteiger partial charge in [-0.3, -0.25) is 0 Å². The fourth-order valence-electron chi connectivity index (χ4n) is 0.812. The topological polar surface area (TPSA) is 38.3 Å². The van der Waals surface area contributed by atoms with E-state index in [2.05, 4.69) is 18.2 Å². The number of ether oxygens (including phenoxy) is 1. The van der Waals surface area contributed by atoms with Gasteiger partial charge in [0.1, 0.15) is 0 Å². The normalized spacial score (nSPS) is 13.9. The fraction of sp³-hybridized carbons (Fsp3) is 0.727. The molecule has 0 saturated heterocycles. The summed E-state index contributed by atoms with van der Waals surface area (Å²) in [6.45, 7) is 6.32. The van der Waals surface area contributed by atoms with Crippen molar-refractivity contribution in [3.8, 4) is 12.3 Å². The van der Waals surface area contributed by atoms with Gasteiger partial charge in [0.15, 0.2) is 5.60 Å². The van der Waals surface area contributed by atoms with Crippen LogP contribution in [0.1, 0.15) is 40.0 Å². The summed E-state index contributed by atoms with van der Waals surface area (Å²) >= 11 is 0. The molecule has 0 bridgehead atoms. The Bertz CT molecular complexity index is 220. The molecule has 14 heavy (non-hydrogen) atoms. The molecule has 0 aliphatic carbocycles. The lowest BCUT2D eigenvalue weighted by Gasteiger charge is -2.22. The molecule has 1 unspecified atom stereocenters. The largest absolute Gasteiger partial charge is 0.430 e. The quantitative estimate of drug-likeness (QED) is 0.542. The third-order valence-corrected chi connectivity index (χ3v) is 2.10. The summed E-state index contributed by atoms with van der Waals surface area (Å²) in [5.74, 6) is 2.47. The van der Waals surface area contributed by atoms with Crippen molar-refractivity contribution < 1.29 is 9.53 Å². The number of hydrogen-bond donors (Lipinski definition) is 1. The van der Waals surface area contributed by atoms with Crippen LogP contribution in [0.5, 0.6) is 0 Å². The maximum Gasteiger partial charge on any atom is 0.408 e. The third kappa shape index (κ3) is 4.76. The smallest absolute Gasteiger partial charge is 0.408 e. The van der Waals surface area contributed by atoms with Gasteiger partial charge in [-0.15, -0.1) is 6.42 Å². The summed E-state index contributed by atoms with van der Waals surface area (Å²) < 4.78 is 5.10. The zero-order chi connectivity index (χ0) is 11.0. The van der Waals surface area contributed by atoms with Crippen molar-refractivity contribution >= 4 is 6.09 Å². The summed E-state index contributed by atoms with van der Waals surface area (Å²) in [6, 6.07) is 0. The molecule has 0 aromatic rings. The Kier molecular flexibility index (Phi) is 5.78. The minimum atomic E-state index is -0.781. The zero-order valence-corrected chi connectivity index (χ0v) is 9.22. The fourth-order valence-corrected chi connectivity index (χ4v) is 0.812. The standard InChI is InChI=1S/C11H19NO2/c1-5-8-9-12-10(13)14-11(4,6-2)7-3/h2H,5,7-9H2,1,3-4H3,(H,12,13). The minimum absolute atomic E-state index is 0.430. The Morgan fingerprint density at radius 2 is 2.21 bits per heavy atom. The van der Waals surface area contributed by atoms with Gasteiger partial charge in [-0.25, -0.2) is 4.79 Å². The van der Waals surface area contributed by atoms with Crippen molar-refractivity contribution in [1.29, 1.82) is 0 Å². The van der Waals surface area contributed by atoms with Gasteiger partial charge < -0.3 is 10.1 Å². The average Bonchev–Trinajstić information content (AvgIpc) is 2.18. The molecular formula is C11H19NO2. The number of nitrogens with one attached hydrogen (secondary N) is 1. The van der Waals surface area contributed by atoms with Gasteiger partial charge in [-0.1, -0.05) is 26.2 Å². The van der Waals surface area contributed by atoms with E-state index >= 15 is 0 Å². The average molecular weight is 197 g/mol. The Balaban J connectivity index is 3.87. The van der Waals surface area contributed by atoms with Crippen LogP contribution >= 0.6 is 0 Å². The van der Waals surface area contributed by atoms with E-state index in [9.17, 15) is 4.79 Å². The van der Waals surface area contributed by atoms with E-state index in [1.54, 1.807) is 6.92 Å². The molecule has 3 heteroatoms. The Hall–Kier alpha value is -1.17. The Labute approximate surface area is 86.2 Å². The lowest BCUT2D eigenvalue weighted by Crippen LogP contribution is -2.35. The number of rotatable bonds is 5. The predicted molar refractivity (Wildman–Crippen MR) is 56.9 cm³/mol. The molecule has 0 heterocycles. The predicted octanol–water partition coefficient (Wildman–Crippen LogP) is 2.31. The van der Waals surface area contributed by atoms with Crippen molar-refractivity contribution in [2.45, 2.75) is 45.6 Å². The molecular weight excluding hydrogens is 178 g/mol. The van der Waals surface area contributed by atoms with Crippen LogP contribution in [0.15, 0.2) is 0 Å². The second-order valence-electron chi connectivity index (χ2n) is 3.40. The highest BCUT2D eigenvalue weighted by Gasteiger charge is 2.23. The van der Waals surface area contributed by atoms with E-state index in [1.807, 2.05) is 6.92 Å². The van der Waals surface area contributed by atoms with Crippen molar-refractivity contribution in [2.75, 3.05) is 6.54 Å². The number of carbonyl (C=O) groups excluding carboxylic acids is 1. The van der Waals surface area contributed by atoms with Gasteiger partial charge in [-0.05, 0) is 19.8 Å². The van der Waals surface area contributed by atoms with Gasteiger partial charge in [0.2, 0.25) is 0 Å². The molecule has 0 aliphatic rings. The van der Waals surface area contributed by atoms with Crippen molar-refractivity contribution in [2.24, 2.45) is 0 Å². The molecule has 80 valence electrons. The van der Waals surface area contributed by atoms with Crippen LogP contribution in [-0.2, 0) is 4.74 Å². The molecule has 0 radical (unpaired) electrons. The van der Waals surface area contributed by atoms with Crippen LogP contribution in [0.2, 0.25) is 0 Å². The molecule has 0 spiro atoms. The number of carbonyl (C=O) groups is 1. The summed E-state index contributed by atoms with van der Waals surface area (Å²) in [4.78, 5) is 11.2. The highest BCUT2D eigenvalue weighted by Crippen LogP contribution is 2.13. The van der Waals surface area contributed by atoms with Gasteiger partial charge in [0, 0.05) is 6.54 Å². The number of hydrogen-bond acceptors (Lipinski definition) is 2. The molecule has 1 amide bonds. The molecule has 0 rings (SSSR count). The number of unbranched alkanes of at least 4 members (excludes halogenated alkanes) is 1. The van der Waals surface area contributed by atoms with E-state index in [0.29, 0.717) is 13.0 Å². The van der Waals surface area contributed by atoms with Crippen LogP contribution < -0.4 is 5.32 Å². The maximum atomic E-state index is 11.2. The summed E-state index contributed by atoms with van der Waals surface area (Å²) in [6.07, 6.45) is 7.45. The van der Waals surface area contributed by atoms with Gasteiger partial charge >= 0.3 is 6.09 Å². The van der Waals surface area contributed by atoms with E-state index in [4.69, 9.17) is 11.2 Å². The highest BCUT2D eigenvalue weighted by molar-refractivity contribution is 5.68. The van der Waals surface area contributed by atoms with Crippen molar-refractivity contribution in [1.82, 2.24) is 5.32 Å². The van der Waals surface area contributed by atoms with E-state index in [0.717, 1.165) is 12.8 Å². The van der Waals surface area contributed by atoms with Gasteiger partial charge in [0.25, 0.3) is 0 Å². The number of amides is 1. The Morgan fingerprint density at radius 1 is 1.57 bits per heavy atom. The van der Waals surface area contributed by atoms with Crippen LogP contribution in [0.4, 0.5) is 4.79 Å². The first-order valence-electron chi connectivity index (χ1n) is 5.02. The Morgan fingerprint density at radius 3 is 2.64 bits per heavy atom. The maximum absolute atomic E-state index is 11.2. The summed E-state index contributed by atoms with van der Waals surface area (Å²) in [5, 5.41) is 2.65. The molecule has 0 aromatic heterocycles. The van der Waals surface area contributed by atoms with Crippen LogP contribution in [0.25, 0.3) is 0 Å². The van der Waals surface area contributed by atoms with Crippen molar-refractivity contribution in [3.63, 3.8) is 0 Å². The van der Waals surface area contributed by atoms with Crippen LogP contribution in [0.3, 0.4) is 0 Å². The minimum Gasteiger partial charge on any atom is -0.430 e. The van der Waals surface area contributed by atoms with Crippen LogP contribution in [0, 0.1) is 12.3 Å². The highest BCUT2D eigenvalue weighted by atomic mass is 16.6. The SMILES string of the molecule is C#CC(C)(CC)OC(=O)NCCCC. The van der Waals surface area contributed by atoms with E-state index in [-0.39, 0.29) is 0 Å². The molecule has 0 saturated carbocycles. The second-order valence-corrected chi connectivity index (χ2v) is 3.40. The van der Waals surface area contributed by atoms with Crippen molar-refractivity contribution in [3.05, 3.63) is 0 Å². The number of alkyl carbamates (subject to hydrolysis) is 1. The van der Waals surface area contributed by atoms with Crippen LogP contribution in [-0.4, -0.2) is 18.2 Å². The molecule has 3 nitrogen and oxygen atoms in total. The zero-order valence-electron chi connectivity index (χ0n) is 9.22. The molecule has 0 aromatic carbocycles. The van der Waals surface area contributed by atoms with E-state index in [1.165, 1.54) is 0 Å². The first-order valence-corrected chi connectivity index (χ1v) is 5.02. The monoisotopic (exact) mass is 197 g/mol.